The van der Waals surface area contributed by atoms with E-state index >= 15 is 0 Å². The first-order valence-corrected chi connectivity index (χ1v) is 5.45. The predicted molar refractivity (Wildman–Crippen MR) is 58.7 cm³/mol. The van der Waals surface area contributed by atoms with E-state index in [9.17, 15) is 5.11 Å². The Morgan fingerprint density at radius 3 is 3.07 bits per heavy atom. The summed E-state index contributed by atoms with van der Waals surface area (Å²) in [5, 5.41) is 9.71. The highest BCUT2D eigenvalue weighted by atomic mass is 16.5. The van der Waals surface area contributed by atoms with Gasteiger partial charge >= 0.3 is 0 Å². The van der Waals surface area contributed by atoms with Gasteiger partial charge in [-0.3, -0.25) is 0 Å². The zero-order valence-electron chi connectivity index (χ0n) is 9.52. The first kappa shape index (κ1) is 12.2. The van der Waals surface area contributed by atoms with Crippen LogP contribution in [-0.2, 0) is 17.7 Å². The van der Waals surface area contributed by atoms with Crippen LogP contribution in [0.4, 0.5) is 0 Å². The van der Waals surface area contributed by atoms with Gasteiger partial charge < -0.3 is 14.4 Å². The molecule has 0 aromatic carbocycles. The molecule has 0 radical (unpaired) electrons. The van der Waals surface area contributed by atoms with E-state index in [4.69, 9.17) is 4.74 Å². The van der Waals surface area contributed by atoms with Gasteiger partial charge in [0.05, 0.1) is 6.10 Å². The zero-order valence-corrected chi connectivity index (χ0v) is 9.52. The minimum absolute atomic E-state index is 0.358. The highest BCUT2D eigenvalue weighted by Gasteiger charge is 2.09. The van der Waals surface area contributed by atoms with E-state index in [1.807, 2.05) is 6.20 Å². The number of ether oxygens (including phenoxy) is 1. The summed E-state index contributed by atoms with van der Waals surface area (Å²) in [7, 11) is 1.64. The molecule has 0 saturated carbocycles. The van der Waals surface area contributed by atoms with Crippen LogP contribution in [0.3, 0.4) is 0 Å². The van der Waals surface area contributed by atoms with Crippen molar-refractivity contribution in [2.45, 2.75) is 38.8 Å². The molecule has 1 heterocycles. The van der Waals surface area contributed by atoms with Gasteiger partial charge in [-0.15, -0.1) is 0 Å². The van der Waals surface area contributed by atoms with Gasteiger partial charge in [0, 0.05) is 39.1 Å². The van der Waals surface area contributed by atoms with Gasteiger partial charge in [-0.2, -0.15) is 0 Å². The van der Waals surface area contributed by atoms with E-state index in [1.54, 1.807) is 13.3 Å². The van der Waals surface area contributed by atoms with Gasteiger partial charge in [0.2, 0.25) is 0 Å². The molecule has 0 aliphatic heterocycles. The number of hydrogen-bond acceptors (Lipinski definition) is 3. The number of imidazole rings is 1. The minimum atomic E-state index is -0.358. The smallest absolute Gasteiger partial charge is 0.111 e. The van der Waals surface area contributed by atoms with E-state index in [2.05, 4.69) is 16.5 Å². The average Bonchev–Trinajstić information content (AvgIpc) is 2.63. The Morgan fingerprint density at radius 2 is 2.40 bits per heavy atom. The molecule has 0 bridgehead atoms. The van der Waals surface area contributed by atoms with Crippen molar-refractivity contribution >= 4 is 0 Å². The summed E-state index contributed by atoms with van der Waals surface area (Å²) in [6.07, 6.45) is 5.74. The van der Waals surface area contributed by atoms with Gasteiger partial charge in [-0.05, 0) is 12.8 Å². The van der Waals surface area contributed by atoms with E-state index in [-0.39, 0.29) is 6.10 Å². The molecule has 4 heteroatoms. The molecule has 0 spiro atoms. The highest BCUT2D eigenvalue weighted by molar-refractivity contribution is 4.94. The molecule has 0 saturated heterocycles. The molecule has 1 unspecified atom stereocenters. The molecule has 0 fully saturated rings. The maximum absolute atomic E-state index is 9.71. The van der Waals surface area contributed by atoms with Crippen LogP contribution in [0.1, 0.15) is 25.6 Å². The Balaban J connectivity index is 2.44. The van der Waals surface area contributed by atoms with Crippen LogP contribution < -0.4 is 0 Å². The fraction of sp³-hybridized carbons (Fsp3) is 0.727. The Bertz CT molecular complexity index is 273. The number of rotatable bonds is 7. The lowest BCUT2D eigenvalue weighted by Gasteiger charge is -2.11. The number of aliphatic hydroxyl groups is 1. The second-order valence-electron chi connectivity index (χ2n) is 3.68. The molecule has 1 rings (SSSR count). The quantitative estimate of drug-likeness (QED) is 0.739. The standard InChI is InChI=1S/C11H20N2O2/c1-3-6-13-7-5-12-11(13)9-10(14)4-8-15-2/h5,7,10,14H,3-4,6,8-9H2,1-2H3. The van der Waals surface area contributed by atoms with Crippen LogP contribution in [0.2, 0.25) is 0 Å². The van der Waals surface area contributed by atoms with Crippen molar-refractivity contribution in [2.24, 2.45) is 0 Å². The van der Waals surface area contributed by atoms with Crippen molar-refractivity contribution in [2.75, 3.05) is 13.7 Å². The maximum Gasteiger partial charge on any atom is 0.111 e. The normalized spacial score (nSPS) is 13.0. The fourth-order valence-electron chi connectivity index (χ4n) is 1.54. The molecular weight excluding hydrogens is 192 g/mol. The lowest BCUT2D eigenvalue weighted by atomic mass is 10.2. The third kappa shape index (κ3) is 4.01. The predicted octanol–water partition coefficient (Wildman–Crippen LogP) is 1.23. The molecule has 1 aromatic rings. The van der Waals surface area contributed by atoms with Crippen molar-refractivity contribution in [3.8, 4) is 0 Å². The lowest BCUT2D eigenvalue weighted by molar-refractivity contribution is 0.108. The molecule has 0 aliphatic carbocycles. The number of hydrogen-bond donors (Lipinski definition) is 1. The summed E-state index contributed by atoms with van der Waals surface area (Å²) in [6, 6.07) is 0. The molecule has 86 valence electrons. The Hall–Kier alpha value is -0.870. The van der Waals surface area contributed by atoms with Crippen LogP contribution in [0, 0.1) is 0 Å². The largest absolute Gasteiger partial charge is 0.393 e. The van der Waals surface area contributed by atoms with Crippen molar-refractivity contribution in [1.82, 2.24) is 9.55 Å². The SMILES string of the molecule is CCCn1ccnc1CC(O)CCOC. The molecule has 1 aromatic heterocycles. The second-order valence-corrected chi connectivity index (χ2v) is 3.68. The Morgan fingerprint density at radius 1 is 1.60 bits per heavy atom. The second kappa shape index (κ2) is 6.58. The van der Waals surface area contributed by atoms with Crippen LogP contribution in [0.15, 0.2) is 12.4 Å². The van der Waals surface area contributed by atoms with Crippen molar-refractivity contribution in [1.29, 1.82) is 0 Å². The first-order chi connectivity index (χ1) is 7.27. The first-order valence-electron chi connectivity index (χ1n) is 5.45. The monoisotopic (exact) mass is 212 g/mol. The molecule has 15 heavy (non-hydrogen) atoms. The van der Waals surface area contributed by atoms with E-state index in [1.165, 1.54) is 0 Å². The molecule has 1 N–H and O–H groups in total. The van der Waals surface area contributed by atoms with Crippen LogP contribution in [0.5, 0.6) is 0 Å². The van der Waals surface area contributed by atoms with Gasteiger partial charge in [-0.25, -0.2) is 4.98 Å². The molecular formula is C11H20N2O2. The van der Waals surface area contributed by atoms with Crippen molar-refractivity contribution < 1.29 is 9.84 Å². The maximum atomic E-state index is 9.71. The summed E-state index contributed by atoms with van der Waals surface area (Å²) < 4.78 is 7.02. The average molecular weight is 212 g/mol. The third-order valence-corrected chi connectivity index (χ3v) is 2.34. The lowest BCUT2D eigenvalue weighted by Crippen LogP contribution is -2.16. The Kier molecular flexibility index (Phi) is 5.36. The van der Waals surface area contributed by atoms with Gasteiger partial charge in [0.25, 0.3) is 0 Å². The van der Waals surface area contributed by atoms with E-state index in [0.717, 1.165) is 18.8 Å². The Labute approximate surface area is 90.9 Å². The van der Waals surface area contributed by atoms with Gasteiger partial charge in [0.1, 0.15) is 5.82 Å². The summed E-state index contributed by atoms with van der Waals surface area (Å²) in [4.78, 5) is 4.25. The molecule has 0 aliphatic rings. The highest BCUT2D eigenvalue weighted by Crippen LogP contribution is 2.05. The topological polar surface area (TPSA) is 47.3 Å². The minimum Gasteiger partial charge on any atom is -0.393 e. The summed E-state index contributed by atoms with van der Waals surface area (Å²) in [5.41, 5.74) is 0. The van der Waals surface area contributed by atoms with Crippen LogP contribution in [-0.4, -0.2) is 34.5 Å². The molecule has 0 amide bonds. The number of aromatic nitrogens is 2. The number of aryl methyl sites for hydroxylation is 1. The van der Waals surface area contributed by atoms with Gasteiger partial charge in [-0.1, -0.05) is 6.92 Å². The van der Waals surface area contributed by atoms with Crippen LogP contribution in [0.25, 0.3) is 0 Å². The number of methoxy groups -OCH3 is 1. The van der Waals surface area contributed by atoms with Crippen molar-refractivity contribution in [3.05, 3.63) is 18.2 Å². The van der Waals surface area contributed by atoms with E-state index in [0.29, 0.717) is 19.4 Å². The fourth-order valence-corrected chi connectivity index (χ4v) is 1.54. The number of nitrogens with zero attached hydrogens (tertiary/aromatic N) is 2. The molecule has 4 nitrogen and oxygen atoms in total. The summed E-state index contributed by atoms with van der Waals surface area (Å²) >= 11 is 0. The third-order valence-electron chi connectivity index (χ3n) is 2.34. The van der Waals surface area contributed by atoms with Gasteiger partial charge in [0.15, 0.2) is 0 Å². The summed E-state index contributed by atoms with van der Waals surface area (Å²) in [6.45, 7) is 3.69. The van der Waals surface area contributed by atoms with Crippen molar-refractivity contribution in [3.63, 3.8) is 0 Å². The zero-order chi connectivity index (χ0) is 11.1. The molecule has 1 atom stereocenters. The van der Waals surface area contributed by atoms with E-state index < -0.39 is 0 Å². The van der Waals surface area contributed by atoms with Crippen LogP contribution >= 0.6 is 0 Å². The number of aliphatic hydroxyl groups excluding tert-OH is 1. The summed E-state index contributed by atoms with van der Waals surface area (Å²) in [5.74, 6) is 0.959.